The van der Waals surface area contributed by atoms with Gasteiger partial charge in [0.1, 0.15) is 11.2 Å². The topological polar surface area (TPSA) is 21.8 Å². The summed E-state index contributed by atoms with van der Waals surface area (Å²) in [5, 5.41) is 0. The van der Waals surface area contributed by atoms with Crippen LogP contribution in [0.5, 0.6) is 0 Å². The summed E-state index contributed by atoms with van der Waals surface area (Å²) in [5.41, 5.74) is 0.426. The molecule has 5 unspecified atom stereocenters. The van der Waals surface area contributed by atoms with Gasteiger partial charge in [-0.1, -0.05) is 6.92 Å². The summed E-state index contributed by atoms with van der Waals surface area (Å²) < 4.78 is 12.8. The van der Waals surface area contributed by atoms with Gasteiger partial charge in [-0.05, 0) is 64.2 Å². The number of hydrogen-bond acceptors (Lipinski definition) is 2. The fourth-order valence-corrected chi connectivity index (χ4v) is 5.31. The normalized spacial score (nSPS) is 62.8. The van der Waals surface area contributed by atoms with Crippen LogP contribution < -0.4 is 0 Å². The molecule has 2 aliphatic heterocycles. The van der Waals surface area contributed by atoms with Crippen LogP contribution in [0.1, 0.15) is 59.8 Å². The minimum atomic E-state index is 0.00926. The fraction of sp³-hybridized carbons (Fsp3) is 1.00. The van der Waals surface area contributed by atoms with Crippen LogP contribution in [-0.2, 0) is 9.47 Å². The van der Waals surface area contributed by atoms with Gasteiger partial charge in [-0.3, -0.25) is 0 Å². The molecule has 4 aliphatic rings. The predicted octanol–water partition coefficient (Wildman–Crippen LogP) is 3.29. The fourth-order valence-electron chi connectivity index (χ4n) is 5.31. The van der Waals surface area contributed by atoms with Gasteiger partial charge in [-0.2, -0.15) is 0 Å². The highest BCUT2D eigenvalue weighted by Crippen LogP contribution is 2.72. The van der Waals surface area contributed by atoms with E-state index in [-0.39, 0.29) is 16.8 Å². The summed E-state index contributed by atoms with van der Waals surface area (Å²) in [7, 11) is 0. The molecule has 0 amide bonds. The molecule has 5 atom stereocenters. The van der Waals surface area contributed by atoms with Gasteiger partial charge < -0.3 is 9.47 Å². The van der Waals surface area contributed by atoms with Crippen molar-refractivity contribution in [1.82, 2.24) is 0 Å². The van der Waals surface area contributed by atoms with E-state index in [1.54, 1.807) is 0 Å². The monoisotopic (exact) mass is 236 g/mol. The van der Waals surface area contributed by atoms with Crippen molar-refractivity contribution in [2.45, 2.75) is 82.7 Å². The molecule has 1 spiro atoms. The summed E-state index contributed by atoms with van der Waals surface area (Å²) in [6.45, 7) is 9.33. The van der Waals surface area contributed by atoms with E-state index in [2.05, 4.69) is 27.7 Å². The average Bonchev–Trinajstić information content (AvgIpc) is 2.84. The van der Waals surface area contributed by atoms with Crippen molar-refractivity contribution in [2.24, 2.45) is 11.3 Å². The Balaban J connectivity index is 1.86. The van der Waals surface area contributed by atoms with Crippen LogP contribution in [0.3, 0.4) is 0 Å². The Kier molecular flexibility index (Phi) is 1.65. The molecule has 4 rings (SSSR count). The number of hydrogen-bond donors (Lipinski definition) is 0. The summed E-state index contributed by atoms with van der Waals surface area (Å²) >= 11 is 0. The highest BCUT2D eigenvalue weighted by Gasteiger charge is 2.79. The van der Waals surface area contributed by atoms with Crippen LogP contribution in [-0.4, -0.2) is 22.9 Å². The van der Waals surface area contributed by atoms with E-state index < -0.39 is 0 Å². The van der Waals surface area contributed by atoms with Crippen LogP contribution in [0.2, 0.25) is 0 Å². The standard InChI is InChI=1S/C15H24O2/c1-12(2)10-5-7-13(3)8-6-11-14(4,16-11)15(13,9-10)17-12/h10-11H,5-9H2,1-4H3. The van der Waals surface area contributed by atoms with Crippen molar-refractivity contribution < 1.29 is 9.47 Å². The molecule has 0 radical (unpaired) electrons. The molecular weight excluding hydrogens is 212 g/mol. The van der Waals surface area contributed by atoms with Crippen LogP contribution in [0.15, 0.2) is 0 Å². The molecule has 0 N–H and O–H groups in total. The Morgan fingerprint density at radius 3 is 2.47 bits per heavy atom. The first-order valence-corrected chi connectivity index (χ1v) is 7.21. The van der Waals surface area contributed by atoms with Gasteiger partial charge >= 0.3 is 0 Å². The molecule has 2 nitrogen and oxygen atoms in total. The maximum Gasteiger partial charge on any atom is 0.121 e. The van der Waals surface area contributed by atoms with Crippen molar-refractivity contribution >= 4 is 0 Å². The second-order valence-electron chi connectivity index (χ2n) is 7.79. The maximum atomic E-state index is 6.70. The minimum Gasteiger partial charge on any atom is -0.365 e. The summed E-state index contributed by atoms with van der Waals surface area (Å²) in [6, 6.07) is 0. The van der Waals surface area contributed by atoms with E-state index >= 15 is 0 Å². The van der Waals surface area contributed by atoms with Crippen molar-refractivity contribution in [3.63, 3.8) is 0 Å². The van der Waals surface area contributed by atoms with Crippen LogP contribution in [0, 0.1) is 11.3 Å². The molecule has 2 aliphatic carbocycles. The number of epoxide rings is 1. The molecule has 2 saturated carbocycles. The third-order valence-electron chi connectivity index (χ3n) is 6.68. The third-order valence-corrected chi connectivity index (χ3v) is 6.68. The molecule has 2 heteroatoms. The van der Waals surface area contributed by atoms with Gasteiger partial charge in [-0.25, -0.2) is 0 Å². The summed E-state index contributed by atoms with van der Waals surface area (Å²) in [4.78, 5) is 0. The van der Waals surface area contributed by atoms with Crippen molar-refractivity contribution in [3.05, 3.63) is 0 Å². The largest absolute Gasteiger partial charge is 0.365 e. The SMILES string of the molecule is CC1(C)OC23CC1CCC2(C)CCC1OC13C. The van der Waals surface area contributed by atoms with E-state index in [1.165, 1.54) is 32.1 Å². The van der Waals surface area contributed by atoms with E-state index in [0.717, 1.165) is 5.92 Å². The zero-order valence-corrected chi connectivity index (χ0v) is 11.5. The lowest BCUT2D eigenvalue weighted by atomic mass is 9.52. The van der Waals surface area contributed by atoms with E-state index in [4.69, 9.17) is 9.47 Å². The lowest BCUT2D eigenvalue weighted by Crippen LogP contribution is -2.60. The molecule has 4 fully saturated rings. The van der Waals surface area contributed by atoms with Gasteiger partial charge in [0.15, 0.2) is 0 Å². The van der Waals surface area contributed by atoms with Crippen LogP contribution >= 0.6 is 0 Å². The first-order valence-electron chi connectivity index (χ1n) is 7.21. The molecule has 2 heterocycles. The summed E-state index contributed by atoms with van der Waals surface area (Å²) in [6.07, 6.45) is 6.89. The average molecular weight is 236 g/mol. The maximum absolute atomic E-state index is 6.70. The van der Waals surface area contributed by atoms with E-state index in [1.807, 2.05) is 0 Å². The molecule has 17 heavy (non-hydrogen) atoms. The Morgan fingerprint density at radius 1 is 1.00 bits per heavy atom. The van der Waals surface area contributed by atoms with Crippen molar-refractivity contribution in [2.75, 3.05) is 0 Å². The Labute approximate surface area is 104 Å². The molecule has 0 aromatic heterocycles. The number of ether oxygens (including phenoxy) is 2. The highest BCUT2D eigenvalue weighted by atomic mass is 16.7. The van der Waals surface area contributed by atoms with Crippen molar-refractivity contribution in [3.8, 4) is 0 Å². The molecule has 2 saturated heterocycles. The van der Waals surface area contributed by atoms with Gasteiger partial charge in [0, 0.05) is 0 Å². The van der Waals surface area contributed by atoms with Gasteiger partial charge in [0.05, 0.1) is 11.7 Å². The smallest absolute Gasteiger partial charge is 0.121 e. The first kappa shape index (κ1) is 10.8. The molecular formula is C15H24O2. The second kappa shape index (κ2) is 2.60. The predicted molar refractivity (Wildman–Crippen MR) is 65.9 cm³/mol. The van der Waals surface area contributed by atoms with E-state index in [0.29, 0.717) is 11.5 Å². The summed E-state index contributed by atoms with van der Waals surface area (Å²) in [5.74, 6) is 0.732. The van der Waals surface area contributed by atoms with Gasteiger partial charge in [0.25, 0.3) is 0 Å². The van der Waals surface area contributed by atoms with E-state index in [9.17, 15) is 0 Å². The second-order valence-corrected chi connectivity index (χ2v) is 7.79. The molecule has 0 aromatic carbocycles. The molecule has 0 aromatic rings. The number of fused-ring (bicyclic) bond motifs is 2. The van der Waals surface area contributed by atoms with Crippen LogP contribution in [0.4, 0.5) is 0 Å². The Morgan fingerprint density at radius 2 is 1.71 bits per heavy atom. The zero-order valence-electron chi connectivity index (χ0n) is 11.5. The third kappa shape index (κ3) is 0.986. The minimum absolute atomic E-state index is 0.00926. The van der Waals surface area contributed by atoms with Crippen LogP contribution in [0.25, 0.3) is 0 Å². The molecule has 96 valence electrons. The Hall–Kier alpha value is -0.0800. The lowest BCUT2D eigenvalue weighted by Gasteiger charge is -2.53. The quantitative estimate of drug-likeness (QED) is 0.602. The van der Waals surface area contributed by atoms with Gasteiger partial charge in [0.2, 0.25) is 0 Å². The highest BCUT2D eigenvalue weighted by molar-refractivity contribution is 5.28. The number of rotatable bonds is 0. The molecule has 2 bridgehead atoms. The van der Waals surface area contributed by atoms with Crippen molar-refractivity contribution in [1.29, 1.82) is 0 Å². The Bertz CT molecular complexity index is 390. The van der Waals surface area contributed by atoms with Gasteiger partial charge in [-0.15, -0.1) is 0 Å². The lowest BCUT2D eigenvalue weighted by molar-refractivity contribution is -0.189. The first-order chi connectivity index (χ1) is 7.83. The zero-order chi connectivity index (χ0) is 12.1.